The van der Waals surface area contributed by atoms with E-state index in [2.05, 4.69) is 48.2 Å². The van der Waals surface area contributed by atoms with Crippen molar-refractivity contribution in [3.8, 4) is 11.5 Å². The van der Waals surface area contributed by atoms with Crippen LogP contribution in [-0.4, -0.2) is 55.7 Å². The summed E-state index contributed by atoms with van der Waals surface area (Å²) < 4.78 is 11.1. The summed E-state index contributed by atoms with van der Waals surface area (Å²) in [4.78, 5) is 11.5. The summed E-state index contributed by atoms with van der Waals surface area (Å²) in [5, 5.41) is 3.37. The molecule has 2 heterocycles. The van der Waals surface area contributed by atoms with E-state index in [1.165, 1.54) is 5.56 Å². The number of hydrogen-bond donors (Lipinski definition) is 1. The van der Waals surface area contributed by atoms with E-state index in [1.807, 2.05) is 12.1 Å². The molecule has 0 amide bonds. The third-order valence-corrected chi connectivity index (χ3v) is 4.73. The van der Waals surface area contributed by atoms with Crippen molar-refractivity contribution in [3.05, 3.63) is 41.8 Å². The van der Waals surface area contributed by atoms with Crippen molar-refractivity contribution in [1.29, 1.82) is 0 Å². The second-order valence-corrected chi connectivity index (χ2v) is 7.11. The Kier molecular flexibility index (Phi) is 6.87. The highest BCUT2D eigenvalue weighted by atomic mass is 16.5. The highest BCUT2D eigenvalue weighted by molar-refractivity contribution is 5.79. The van der Waals surface area contributed by atoms with Crippen LogP contribution in [0.15, 0.2) is 39.9 Å². The van der Waals surface area contributed by atoms with E-state index in [-0.39, 0.29) is 0 Å². The normalized spacial score (nSPS) is 17.3. The van der Waals surface area contributed by atoms with Gasteiger partial charge in [0.2, 0.25) is 5.89 Å². The fourth-order valence-electron chi connectivity index (χ4n) is 3.20. The summed E-state index contributed by atoms with van der Waals surface area (Å²) in [6.07, 6.45) is 3.62. The number of aromatic nitrogens is 1. The SMILES string of the molecule is CCNC(=NCCc1coc(-c2ccc(C)cc2)n1)N(C)CC1CCOC1. The monoisotopic (exact) mass is 370 g/mol. The minimum absolute atomic E-state index is 0.589. The Morgan fingerprint density at radius 2 is 2.15 bits per heavy atom. The Morgan fingerprint density at radius 1 is 1.33 bits per heavy atom. The summed E-state index contributed by atoms with van der Waals surface area (Å²) in [5.74, 6) is 2.19. The second kappa shape index (κ2) is 9.55. The molecule has 3 rings (SSSR count). The van der Waals surface area contributed by atoms with E-state index in [9.17, 15) is 0 Å². The topological polar surface area (TPSA) is 62.9 Å². The number of aliphatic imine (C=N–C) groups is 1. The van der Waals surface area contributed by atoms with Gasteiger partial charge in [0, 0.05) is 51.2 Å². The number of hydrogen-bond acceptors (Lipinski definition) is 4. The molecule has 146 valence electrons. The molecule has 6 nitrogen and oxygen atoms in total. The Labute approximate surface area is 161 Å². The van der Waals surface area contributed by atoms with Gasteiger partial charge in [0.15, 0.2) is 5.96 Å². The van der Waals surface area contributed by atoms with Gasteiger partial charge in [-0.2, -0.15) is 0 Å². The van der Waals surface area contributed by atoms with Crippen LogP contribution in [0.5, 0.6) is 0 Å². The van der Waals surface area contributed by atoms with Gasteiger partial charge in [0.05, 0.1) is 12.3 Å². The Morgan fingerprint density at radius 3 is 2.85 bits per heavy atom. The van der Waals surface area contributed by atoms with Crippen LogP contribution >= 0.6 is 0 Å². The number of benzene rings is 1. The molecule has 1 N–H and O–H groups in total. The fraction of sp³-hybridized carbons (Fsp3) is 0.524. The number of rotatable bonds is 7. The predicted octanol–water partition coefficient (Wildman–Crippen LogP) is 3.13. The molecule has 2 aromatic rings. The molecule has 1 atom stereocenters. The number of nitrogens with zero attached hydrogens (tertiary/aromatic N) is 3. The number of nitrogens with one attached hydrogen (secondary N) is 1. The van der Waals surface area contributed by atoms with Crippen LogP contribution in [0.4, 0.5) is 0 Å². The Bertz CT molecular complexity index is 733. The van der Waals surface area contributed by atoms with Gasteiger partial charge in [-0.3, -0.25) is 4.99 Å². The maximum absolute atomic E-state index is 5.63. The molecule has 1 aliphatic heterocycles. The Balaban J connectivity index is 1.56. The van der Waals surface area contributed by atoms with Crippen molar-refractivity contribution in [3.63, 3.8) is 0 Å². The molecule has 0 bridgehead atoms. The molecule has 1 aromatic heterocycles. The van der Waals surface area contributed by atoms with Crippen LogP contribution < -0.4 is 5.32 Å². The van der Waals surface area contributed by atoms with E-state index < -0.39 is 0 Å². The summed E-state index contributed by atoms with van der Waals surface area (Å²) >= 11 is 0. The molecule has 1 saturated heterocycles. The highest BCUT2D eigenvalue weighted by Gasteiger charge is 2.19. The molecule has 0 saturated carbocycles. The lowest BCUT2D eigenvalue weighted by molar-refractivity contribution is 0.181. The van der Waals surface area contributed by atoms with Crippen LogP contribution in [0.2, 0.25) is 0 Å². The van der Waals surface area contributed by atoms with Gasteiger partial charge < -0.3 is 19.4 Å². The largest absolute Gasteiger partial charge is 0.444 e. The molecule has 6 heteroatoms. The van der Waals surface area contributed by atoms with Gasteiger partial charge in [-0.05, 0) is 32.4 Å². The summed E-state index contributed by atoms with van der Waals surface area (Å²) in [6.45, 7) is 8.38. The maximum Gasteiger partial charge on any atom is 0.226 e. The van der Waals surface area contributed by atoms with Crippen LogP contribution in [-0.2, 0) is 11.2 Å². The lowest BCUT2D eigenvalue weighted by Crippen LogP contribution is -2.41. The maximum atomic E-state index is 5.63. The second-order valence-electron chi connectivity index (χ2n) is 7.11. The first-order chi connectivity index (χ1) is 13.2. The number of guanidine groups is 1. The summed E-state index contributed by atoms with van der Waals surface area (Å²) in [5.41, 5.74) is 3.16. The quantitative estimate of drug-likeness (QED) is 0.599. The third kappa shape index (κ3) is 5.57. The molecule has 0 aliphatic carbocycles. The van der Waals surface area contributed by atoms with Crippen LogP contribution in [0.1, 0.15) is 24.6 Å². The first-order valence-corrected chi connectivity index (χ1v) is 9.74. The lowest BCUT2D eigenvalue weighted by atomic mass is 10.1. The molecular formula is C21H30N4O2. The van der Waals surface area contributed by atoms with Crippen LogP contribution in [0.25, 0.3) is 11.5 Å². The standard InChI is InChI=1S/C21H30N4O2/c1-4-22-21(25(3)13-17-10-12-26-14-17)23-11-9-19-15-27-20(24-19)18-7-5-16(2)6-8-18/h5-8,15,17H,4,9-14H2,1-3H3,(H,22,23). The zero-order valence-corrected chi connectivity index (χ0v) is 16.6. The first-order valence-electron chi connectivity index (χ1n) is 9.74. The van der Waals surface area contributed by atoms with Crippen molar-refractivity contribution < 1.29 is 9.15 Å². The van der Waals surface area contributed by atoms with Crippen LogP contribution in [0.3, 0.4) is 0 Å². The molecule has 1 aliphatic rings. The van der Waals surface area contributed by atoms with Crippen molar-refractivity contribution in [2.45, 2.75) is 26.7 Å². The first kappa shape index (κ1) is 19.4. The highest BCUT2D eigenvalue weighted by Crippen LogP contribution is 2.19. The van der Waals surface area contributed by atoms with Crippen molar-refractivity contribution >= 4 is 5.96 Å². The lowest BCUT2D eigenvalue weighted by Gasteiger charge is -2.24. The van der Waals surface area contributed by atoms with Crippen LogP contribution in [0, 0.1) is 12.8 Å². The minimum Gasteiger partial charge on any atom is -0.444 e. The van der Waals surface area contributed by atoms with Crippen molar-refractivity contribution in [1.82, 2.24) is 15.2 Å². The van der Waals surface area contributed by atoms with Gasteiger partial charge in [0.1, 0.15) is 6.26 Å². The Hall–Kier alpha value is -2.34. The fourth-order valence-corrected chi connectivity index (χ4v) is 3.20. The zero-order chi connectivity index (χ0) is 19.1. The van der Waals surface area contributed by atoms with Gasteiger partial charge in [0.25, 0.3) is 0 Å². The molecule has 0 spiro atoms. The molecule has 0 radical (unpaired) electrons. The van der Waals surface area contributed by atoms with Crippen molar-refractivity contribution in [2.24, 2.45) is 10.9 Å². The molecule has 27 heavy (non-hydrogen) atoms. The average Bonchev–Trinajstić information content (AvgIpc) is 3.34. The summed E-state index contributed by atoms with van der Waals surface area (Å²) in [6, 6.07) is 8.21. The third-order valence-electron chi connectivity index (χ3n) is 4.73. The average molecular weight is 370 g/mol. The van der Waals surface area contributed by atoms with E-state index in [1.54, 1.807) is 6.26 Å². The van der Waals surface area contributed by atoms with Gasteiger partial charge in [-0.1, -0.05) is 17.7 Å². The van der Waals surface area contributed by atoms with E-state index >= 15 is 0 Å². The molecule has 1 fully saturated rings. The van der Waals surface area contributed by atoms with Crippen molar-refractivity contribution in [2.75, 3.05) is 39.9 Å². The van der Waals surface area contributed by atoms with E-state index in [0.717, 1.165) is 56.4 Å². The predicted molar refractivity (Wildman–Crippen MR) is 108 cm³/mol. The smallest absolute Gasteiger partial charge is 0.226 e. The number of aryl methyl sites for hydroxylation is 1. The molecule has 1 unspecified atom stereocenters. The number of ether oxygens (including phenoxy) is 1. The van der Waals surface area contributed by atoms with Gasteiger partial charge >= 0.3 is 0 Å². The number of oxazole rings is 1. The van der Waals surface area contributed by atoms with Gasteiger partial charge in [-0.15, -0.1) is 0 Å². The molecule has 1 aromatic carbocycles. The summed E-state index contributed by atoms with van der Waals surface area (Å²) in [7, 11) is 2.09. The zero-order valence-electron chi connectivity index (χ0n) is 16.6. The van der Waals surface area contributed by atoms with E-state index in [0.29, 0.717) is 18.4 Å². The molecular weight excluding hydrogens is 340 g/mol. The van der Waals surface area contributed by atoms with E-state index in [4.69, 9.17) is 14.1 Å². The minimum atomic E-state index is 0.589. The van der Waals surface area contributed by atoms with Gasteiger partial charge in [-0.25, -0.2) is 4.98 Å².